The minimum absolute atomic E-state index is 0.224. The second kappa shape index (κ2) is 4.39. The van der Waals surface area contributed by atoms with Gasteiger partial charge in [-0.15, -0.1) is 11.3 Å². The van der Waals surface area contributed by atoms with Gasteiger partial charge in [0, 0.05) is 6.54 Å². The quantitative estimate of drug-likeness (QED) is 0.947. The van der Waals surface area contributed by atoms with Crippen molar-refractivity contribution in [1.82, 2.24) is 9.78 Å². The molecule has 0 unspecified atom stereocenters. The molecule has 2 aromatic heterocycles. The van der Waals surface area contributed by atoms with Crippen molar-refractivity contribution in [1.29, 1.82) is 0 Å². The molecule has 0 aromatic carbocycles. The van der Waals surface area contributed by atoms with Crippen molar-refractivity contribution in [2.45, 2.75) is 13.5 Å². The van der Waals surface area contributed by atoms with Crippen molar-refractivity contribution in [3.8, 4) is 10.6 Å². The summed E-state index contributed by atoms with van der Waals surface area (Å²) in [5, 5.41) is 13.3. The van der Waals surface area contributed by atoms with Gasteiger partial charge in [0.25, 0.3) is 0 Å². The zero-order valence-electron chi connectivity index (χ0n) is 8.48. The molecule has 2 heterocycles. The van der Waals surface area contributed by atoms with Crippen LogP contribution in [0.2, 0.25) is 0 Å². The first kappa shape index (κ1) is 11.3. The smallest absolute Gasteiger partial charge is 0.354 e. The predicted octanol–water partition coefficient (Wildman–Crippen LogP) is 3.09. The highest BCUT2D eigenvalue weighted by Crippen LogP contribution is 2.30. The monoisotopic (exact) mass is 300 g/mol. The van der Waals surface area contributed by atoms with Gasteiger partial charge in [0.15, 0.2) is 0 Å². The molecule has 16 heavy (non-hydrogen) atoms. The molecule has 0 saturated carbocycles. The van der Waals surface area contributed by atoms with Gasteiger partial charge in [-0.3, -0.25) is 4.68 Å². The lowest BCUT2D eigenvalue weighted by molar-refractivity contribution is 0.0683. The third-order valence-corrected chi connectivity index (χ3v) is 3.77. The molecule has 0 aliphatic rings. The summed E-state index contributed by atoms with van der Waals surface area (Å²) in [7, 11) is 0. The number of thiophene rings is 1. The Bertz CT molecular complexity index is 533. The Morgan fingerprint density at radius 2 is 2.38 bits per heavy atom. The SMILES string of the molecule is CCn1nc(-c2ccc(Br)s2)cc1C(=O)O. The van der Waals surface area contributed by atoms with E-state index in [1.54, 1.807) is 6.07 Å². The van der Waals surface area contributed by atoms with Gasteiger partial charge < -0.3 is 5.11 Å². The van der Waals surface area contributed by atoms with Crippen LogP contribution in [0.1, 0.15) is 17.4 Å². The van der Waals surface area contributed by atoms with E-state index in [0.717, 1.165) is 8.66 Å². The predicted molar refractivity (Wildman–Crippen MR) is 65.9 cm³/mol. The van der Waals surface area contributed by atoms with E-state index < -0.39 is 5.97 Å². The molecule has 0 atom stereocenters. The van der Waals surface area contributed by atoms with Crippen LogP contribution in [0.4, 0.5) is 0 Å². The number of carboxylic acid groups (broad SMARTS) is 1. The Labute approximate surface area is 105 Å². The zero-order valence-corrected chi connectivity index (χ0v) is 10.9. The standard InChI is InChI=1S/C10H9BrN2O2S/c1-2-13-7(10(14)15)5-6(12-13)8-3-4-9(11)16-8/h3-5H,2H2,1H3,(H,14,15). The summed E-state index contributed by atoms with van der Waals surface area (Å²) in [5.74, 6) is -0.948. The number of aromatic carboxylic acids is 1. The maximum absolute atomic E-state index is 11.0. The number of halogens is 1. The Hall–Kier alpha value is -1.14. The molecule has 0 saturated heterocycles. The highest BCUT2D eigenvalue weighted by molar-refractivity contribution is 9.11. The Morgan fingerprint density at radius 1 is 1.62 bits per heavy atom. The van der Waals surface area contributed by atoms with Crippen LogP contribution in [0.5, 0.6) is 0 Å². The van der Waals surface area contributed by atoms with E-state index in [9.17, 15) is 4.79 Å². The summed E-state index contributed by atoms with van der Waals surface area (Å²) in [4.78, 5) is 11.9. The molecule has 0 amide bonds. The van der Waals surface area contributed by atoms with E-state index in [0.29, 0.717) is 12.2 Å². The average Bonchev–Trinajstić information content (AvgIpc) is 2.82. The maximum Gasteiger partial charge on any atom is 0.354 e. The number of carboxylic acids is 1. The lowest BCUT2D eigenvalue weighted by Gasteiger charge is -1.97. The molecule has 1 N–H and O–H groups in total. The highest BCUT2D eigenvalue weighted by atomic mass is 79.9. The van der Waals surface area contributed by atoms with Gasteiger partial charge >= 0.3 is 5.97 Å². The first-order valence-corrected chi connectivity index (χ1v) is 6.29. The van der Waals surface area contributed by atoms with Crippen LogP contribution in [0, 0.1) is 0 Å². The number of aryl methyl sites for hydroxylation is 1. The van der Waals surface area contributed by atoms with Crippen molar-refractivity contribution in [3.63, 3.8) is 0 Å². The van der Waals surface area contributed by atoms with Gasteiger partial charge in [-0.25, -0.2) is 4.79 Å². The molecule has 0 aliphatic carbocycles. The molecule has 0 aliphatic heterocycles. The number of carbonyl (C=O) groups is 1. The molecular weight excluding hydrogens is 292 g/mol. The largest absolute Gasteiger partial charge is 0.477 e. The first-order chi connectivity index (χ1) is 7.61. The topological polar surface area (TPSA) is 55.1 Å². The fraction of sp³-hybridized carbons (Fsp3) is 0.200. The van der Waals surface area contributed by atoms with Crippen LogP contribution in [-0.4, -0.2) is 20.9 Å². The summed E-state index contributed by atoms with van der Waals surface area (Å²) in [6, 6.07) is 5.44. The van der Waals surface area contributed by atoms with Crippen LogP contribution in [0.25, 0.3) is 10.6 Å². The average molecular weight is 301 g/mol. The molecule has 2 aromatic rings. The maximum atomic E-state index is 11.0. The summed E-state index contributed by atoms with van der Waals surface area (Å²) < 4.78 is 2.50. The fourth-order valence-corrected chi connectivity index (χ4v) is 2.74. The van der Waals surface area contributed by atoms with Gasteiger partial charge in [-0.2, -0.15) is 5.10 Å². The first-order valence-electron chi connectivity index (χ1n) is 4.68. The minimum Gasteiger partial charge on any atom is -0.477 e. The van der Waals surface area contributed by atoms with Crippen LogP contribution < -0.4 is 0 Å². The van der Waals surface area contributed by atoms with Crippen LogP contribution in [0.3, 0.4) is 0 Å². The molecule has 84 valence electrons. The normalized spacial score (nSPS) is 10.6. The minimum atomic E-state index is -0.948. The number of hydrogen-bond donors (Lipinski definition) is 1. The van der Waals surface area contributed by atoms with Crippen molar-refractivity contribution >= 4 is 33.2 Å². The van der Waals surface area contributed by atoms with Gasteiger partial charge in [0.05, 0.1) is 8.66 Å². The molecule has 0 spiro atoms. The Kier molecular flexibility index (Phi) is 3.11. The summed E-state index contributed by atoms with van der Waals surface area (Å²) in [6.45, 7) is 2.42. The molecule has 4 nitrogen and oxygen atoms in total. The third kappa shape index (κ3) is 2.03. The number of aromatic nitrogens is 2. The fourth-order valence-electron chi connectivity index (χ4n) is 1.40. The third-order valence-electron chi connectivity index (χ3n) is 2.12. The molecule has 6 heteroatoms. The highest BCUT2D eigenvalue weighted by Gasteiger charge is 2.14. The van der Waals surface area contributed by atoms with Crippen molar-refractivity contribution in [3.05, 3.63) is 27.7 Å². The van der Waals surface area contributed by atoms with E-state index in [-0.39, 0.29) is 5.69 Å². The van der Waals surface area contributed by atoms with Gasteiger partial charge in [-0.05, 0) is 41.1 Å². The van der Waals surface area contributed by atoms with E-state index in [2.05, 4.69) is 21.0 Å². The van der Waals surface area contributed by atoms with Crippen LogP contribution >= 0.6 is 27.3 Å². The Morgan fingerprint density at radius 3 is 2.81 bits per heavy atom. The van der Waals surface area contributed by atoms with Gasteiger partial charge in [-0.1, -0.05) is 0 Å². The number of hydrogen-bond acceptors (Lipinski definition) is 3. The zero-order chi connectivity index (χ0) is 11.7. The molecule has 0 bridgehead atoms. The van der Waals surface area contributed by atoms with Gasteiger partial charge in [0.1, 0.15) is 11.4 Å². The van der Waals surface area contributed by atoms with E-state index >= 15 is 0 Å². The van der Waals surface area contributed by atoms with Crippen molar-refractivity contribution in [2.75, 3.05) is 0 Å². The lowest BCUT2D eigenvalue weighted by Crippen LogP contribution is -2.07. The molecular formula is C10H9BrN2O2S. The Balaban J connectivity index is 2.47. The summed E-state index contributed by atoms with van der Waals surface area (Å²) in [5.41, 5.74) is 0.928. The molecule has 0 fully saturated rings. The summed E-state index contributed by atoms with van der Waals surface area (Å²) in [6.07, 6.45) is 0. The second-order valence-corrected chi connectivity index (χ2v) is 5.60. The molecule has 0 radical (unpaired) electrons. The number of nitrogens with zero attached hydrogens (tertiary/aromatic N) is 2. The van der Waals surface area contributed by atoms with Crippen LogP contribution in [0.15, 0.2) is 22.0 Å². The lowest BCUT2D eigenvalue weighted by atomic mass is 10.3. The van der Waals surface area contributed by atoms with E-state index in [1.807, 2.05) is 19.1 Å². The van der Waals surface area contributed by atoms with Crippen molar-refractivity contribution in [2.24, 2.45) is 0 Å². The van der Waals surface area contributed by atoms with Gasteiger partial charge in [0.2, 0.25) is 0 Å². The second-order valence-electron chi connectivity index (χ2n) is 3.14. The number of rotatable bonds is 3. The van der Waals surface area contributed by atoms with Crippen molar-refractivity contribution < 1.29 is 9.90 Å². The summed E-state index contributed by atoms with van der Waals surface area (Å²) >= 11 is 4.90. The van der Waals surface area contributed by atoms with E-state index in [4.69, 9.17) is 5.11 Å². The van der Waals surface area contributed by atoms with Crippen LogP contribution in [-0.2, 0) is 6.54 Å². The molecule has 2 rings (SSSR count). The van der Waals surface area contributed by atoms with E-state index in [1.165, 1.54) is 16.0 Å².